The molecule has 2 heterocycles. The van der Waals surface area contributed by atoms with Crippen molar-refractivity contribution in [1.82, 2.24) is 9.55 Å². The minimum absolute atomic E-state index is 0.0136. The summed E-state index contributed by atoms with van der Waals surface area (Å²) >= 11 is 0. The third-order valence-corrected chi connectivity index (χ3v) is 12.6. The second-order valence-corrected chi connectivity index (χ2v) is 16.5. The van der Waals surface area contributed by atoms with Crippen molar-refractivity contribution in [3.8, 4) is 39.3 Å². The summed E-state index contributed by atoms with van der Waals surface area (Å²) in [5.41, 5.74) is 16.7. The van der Waals surface area contributed by atoms with Gasteiger partial charge in [-0.2, -0.15) is 0 Å². The topological polar surface area (TPSA) is 36.3 Å². The quantitative estimate of drug-likeness (QED) is 0.157. The van der Waals surface area contributed by atoms with Crippen molar-refractivity contribution in [2.75, 3.05) is 15.1 Å². The van der Waals surface area contributed by atoms with Crippen molar-refractivity contribution in [3.63, 3.8) is 0 Å². The zero-order chi connectivity index (χ0) is 43.1. The van der Waals surface area contributed by atoms with Crippen molar-refractivity contribution in [3.05, 3.63) is 254 Å². The molecule has 65 heavy (non-hydrogen) atoms. The third kappa shape index (κ3) is 6.96. The Hall–Kier alpha value is -8.67. The van der Waals surface area contributed by atoms with Gasteiger partial charge in [0.05, 0.1) is 28.1 Å². The smallest absolute Gasteiger partial charge is 0.145 e. The highest BCUT2D eigenvalue weighted by Crippen LogP contribution is 2.47. The van der Waals surface area contributed by atoms with Crippen LogP contribution < -0.4 is 15.1 Å². The number of nitrogens with zero attached hydrogens (tertiary/aromatic N) is 4. The van der Waals surface area contributed by atoms with Gasteiger partial charge in [0.2, 0.25) is 0 Å². The molecular formula is C60H43N5. The zero-order valence-electron chi connectivity index (χ0n) is 35.5. The van der Waals surface area contributed by atoms with Crippen LogP contribution in [0.4, 0.5) is 34.1 Å². The van der Waals surface area contributed by atoms with E-state index in [1.807, 2.05) is 6.07 Å². The zero-order valence-corrected chi connectivity index (χ0v) is 35.5. The highest BCUT2D eigenvalue weighted by molar-refractivity contribution is 5.99. The maximum absolute atomic E-state index is 5.09. The number of hydrogen-bond acceptors (Lipinski definition) is 4. The number of anilines is 6. The molecule has 11 aromatic rings. The standard InChI is InChI=1S/C60H43N5/c1-3-17-45(18-4-1)59-61-54-27-9-11-29-57(54)64(59)51-24-13-22-47(40-51)42-32-36-49(37-33-42)63(56-31-15-21-44-16-7-8-26-53(44)56)50-38-34-43(35-39-50)48-23-14-25-52(41-48)65-58-30-12-10-28-55(58)62-60(65)46-19-5-2-6-20-46/h1-41,59,61H. The van der Waals surface area contributed by atoms with Gasteiger partial charge >= 0.3 is 0 Å². The molecule has 5 nitrogen and oxygen atoms in total. The molecule has 0 bridgehead atoms. The number of benzene rings is 10. The molecule has 0 spiro atoms. The van der Waals surface area contributed by atoms with Gasteiger partial charge in [-0.05, 0) is 112 Å². The Balaban J connectivity index is 0.899. The molecule has 1 aliphatic rings. The molecule has 1 unspecified atom stereocenters. The molecular weight excluding hydrogens is 791 g/mol. The molecule has 1 N–H and O–H groups in total. The van der Waals surface area contributed by atoms with E-state index in [1.165, 1.54) is 22.0 Å². The number of hydrogen-bond donors (Lipinski definition) is 1. The molecule has 0 saturated heterocycles. The van der Waals surface area contributed by atoms with Gasteiger partial charge in [-0.25, -0.2) is 4.98 Å². The highest BCUT2D eigenvalue weighted by Gasteiger charge is 2.31. The Kier molecular flexibility index (Phi) is 9.50. The molecule has 1 atom stereocenters. The maximum atomic E-state index is 5.09. The van der Waals surface area contributed by atoms with E-state index in [-0.39, 0.29) is 6.17 Å². The Bertz CT molecular complexity index is 3460. The summed E-state index contributed by atoms with van der Waals surface area (Å²) in [6.45, 7) is 0. The Morgan fingerprint density at radius 1 is 0.431 bits per heavy atom. The molecule has 1 aromatic heterocycles. The molecule has 0 fully saturated rings. The predicted octanol–water partition coefficient (Wildman–Crippen LogP) is 15.9. The number of imidazole rings is 1. The van der Waals surface area contributed by atoms with E-state index in [4.69, 9.17) is 4.98 Å². The van der Waals surface area contributed by atoms with Crippen LogP contribution in [0, 0.1) is 0 Å². The fourth-order valence-corrected chi connectivity index (χ4v) is 9.48. The van der Waals surface area contributed by atoms with Crippen molar-refractivity contribution in [2.45, 2.75) is 6.17 Å². The number of para-hydroxylation sites is 4. The molecule has 0 amide bonds. The summed E-state index contributed by atoms with van der Waals surface area (Å²) in [6, 6.07) is 88.9. The van der Waals surface area contributed by atoms with E-state index >= 15 is 0 Å². The molecule has 0 radical (unpaired) electrons. The fourth-order valence-electron chi connectivity index (χ4n) is 9.48. The van der Waals surface area contributed by atoms with Gasteiger partial charge in [-0.1, -0.05) is 170 Å². The first-order valence-electron chi connectivity index (χ1n) is 22.2. The molecule has 1 aliphatic heterocycles. The second-order valence-electron chi connectivity index (χ2n) is 16.5. The first-order valence-corrected chi connectivity index (χ1v) is 22.2. The van der Waals surface area contributed by atoms with Crippen LogP contribution in [0.25, 0.3) is 61.1 Å². The van der Waals surface area contributed by atoms with E-state index in [2.05, 4.69) is 262 Å². The Morgan fingerprint density at radius 2 is 1.00 bits per heavy atom. The van der Waals surface area contributed by atoms with Crippen LogP contribution in [0.3, 0.4) is 0 Å². The maximum Gasteiger partial charge on any atom is 0.145 e. The monoisotopic (exact) mass is 833 g/mol. The minimum Gasteiger partial charge on any atom is -0.359 e. The van der Waals surface area contributed by atoms with Crippen LogP contribution in [-0.2, 0) is 0 Å². The van der Waals surface area contributed by atoms with E-state index in [0.717, 1.165) is 78.8 Å². The summed E-state index contributed by atoms with van der Waals surface area (Å²) in [6.07, 6.45) is -0.0136. The first kappa shape index (κ1) is 38.0. The average molecular weight is 834 g/mol. The summed E-state index contributed by atoms with van der Waals surface area (Å²) in [7, 11) is 0. The van der Waals surface area contributed by atoms with Crippen LogP contribution in [0.2, 0.25) is 0 Å². The Labute approximate surface area is 378 Å². The van der Waals surface area contributed by atoms with E-state index in [1.54, 1.807) is 0 Å². The lowest BCUT2D eigenvalue weighted by Crippen LogP contribution is -2.23. The number of fused-ring (bicyclic) bond motifs is 3. The number of nitrogens with one attached hydrogen (secondary N) is 1. The van der Waals surface area contributed by atoms with Gasteiger partial charge in [-0.3, -0.25) is 4.57 Å². The minimum atomic E-state index is -0.0136. The van der Waals surface area contributed by atoms with Gasteiger partial charge in [0.25, 0.3) is 0 Å². The van der Waals surface area contributed by atoms with Crippen molar-refractivity contribution in [2.24, 2.45) is 0 Å². The molecule has 12 rings (SSSR count). The molecule has 0 aliphatic carbocycles. The summed E-state index contributed by atoms with van der Waals surface area (Å²) in [5.74, 6) is 0.926. The predicted molar refractivity (Wildman–Crippen MR) is 271 cm³/mol. The second kappa shape index (κ2) is 16.2. The van der Waals surface area contributed by atoms with Crippen LogP contribution in [-0.4, -0.2) is 9.55 Å². The summed E-state index contributed by atoms with van der Waals surface area (Å²) < 4.78 is 2.27. The molecule has 0 saturated carbocycles. The number of rotatable bonds is 9. The lowest BCUT2D eigenvalue weighted by Gasteiger charge is -2.28. The Morgan fingerprint density at radius 3 is 1.75 bits per heavy atom. The molecule has 308 valence electrons. The molecule has 5 heteroatoms. The van der Waals surface area contributed by atoms with Crippen molar-refractivity contribution >= 4 is 55.9 Å². The lowest BCUT2D eigenvalue weighted by molar-refractivity contribution is 0.828. The van der Waals surface area contributed by atoms with Gasteiger partial charge in [-0.15, -0.1) is 0 Å². The highest BCUT2D eigenvalue weighted by atomic mass is 15.3. The summed E-state index contributed by atoms with van der Waals surface area (Å²) in [4.78, 5) is 9.88. The van der Waals surface area contributed by atoms with Crippen LogP contribution in [0.15, 0.2) is 249 Å². The normalized spacial score (nSPS) is 13.2. The van der Waals surface area contributed by atoms with Crippen LogP contribution in [0.5, 0.6) is 0 Å². The lowest BCUT2D eigenvalue weighted by atomic mass is 10.0. The van der Waals surface area contributed by atoms with Crippen molar-refractivity contribution in [1.29, 1.82) is 0 Å². The molecule has 10 aromatic carbocycles. The average Bonchev–Trinajstić information content (AvgIpc) is 3.98. The van der Waals surface area contributed by atoms with Gasteiger partial charge in [0, 0.05) is 33.7 Å². The van der Waals surface area contributed by atoms with Gasteiger partial charge in [0.1, 0.15) is 12.0 Å². The van der Waals surface area contributed by atoms with E-state index in [9.17, 15) is 0 Å². The fraction of sp³-hybridized carbons (Fsp3) is 0.0167. The summed E-state index contributed by atoms with van der Waals surface area (Å²) in [5, 5.41) is 6.17. The van der Waals surface area contributed by atoms with Crippen LogP contribution >= 0.6 is 0 Å². The van der Waals surface area contributed by atoms with Crippen LogP contribution in [0.1, 0.15) is 11.7 Å². The first-order chi connectivity index (χ1) is 32.2. The van der Waals surface area contributed by atoms with Gasteiger partial charge in [0.15, 0.2) is 0 Å². The van der Waals surface area contributed by atoms with Crippen molar-refractivity contribution < 1.29 is 0 Å². The SMILES string of the molecule is c1ccc(-c2nc3ccccc3n2-c2cccc(-c3ccc(N(c4ccc(-c5cccc(N6c7ccccc7NC6c6ccccc6)c5)cc4)c4cccc5ccccc45)cc3)c2)cc1. The third-order valence-electron chi connectivity index (χ3n) is 12.6. The van der Waals surface area contributed by atoms with Gasteiger partial charge < -0.3 is 15.1 Å². The largest absolute Gasteiger partial charge is 0.359 e. The number of aromatic nitrogens is 2. The van der Waals surface area contributed by atoms with E-state index in [0.29, 0.717) is 0 Å². The van der Waals surface area contributed by atoms with E-state index < -0.39 is 0 Å².